The van der Waals surface area contributed by atoms with Crippen LogP contribution in [0.15, 0.2) is 12.2 Å². The summed E-state index contributed by atoms with van der Waals surface area (Å²) in [6.45, 7) is 8.07. The van der Waals surface area contributed by atoms with Gasteiger partial charge in [-0.2, -0.15) is 0 Å². The van der Waals surface area contributed by atoms with E-state index < -0.39 is 29.9 Å². The van der Waals surface area contributed by atoms with E-state index in [4.69, 9.17) is 4.74 Å². The smallest absolute Gasteiger partial charge is 0.328 e. The molecule has 0 aromatic rings. The Bertz CT molecular complexity index is 752. The predicted octanol–water partition coefficient (Wildman–Crippen LogP) is 4.81. The maximum Gasteiger partial charge on any atom is 0.328 e. The Morgan fingerprint density at radius 2 is 1.76 bits per heavy atom. The van der Waals surface area contributed by atoms with E-state index in [0.717, 1.165) is 44.9 Å². The Labute approximate surface area is 230 Å². The van der Waals surface area contributed by atoms with Crippen molar-refractivity contribution in [3.8, 4) is 0 Å². The van der Waals surface area contributed by atoms with Gasteiger partial charge in [0.25, 0.3) is 0 Å². The molecule has 8 heteroatoms. The molecule has 0 aromatic heterocycles. The average molecular weight is 536 g/mol. The number of hydrogen-bond donors (Lipinski definition) is 3. The summed E-state index contributed by atoms with van der Waals surface area (Å²) in [5.74, 6) is -1.71. The molecule has 1 aliphatic rings. The third-order valence-corrected chi connectivity index (χ3v) is 7.15. The lowest BCUT2D eigenvalue weighted by atomic mass is 9.92. The van der Waals surface area contributed by atoms with Gasteiger partial charge in [-0.1, -0.05) is 71.4 Å². The van der Waals surface area contributed by atoms with Crippen LogP contribution in [0.4, 0.5) is 0 Å². The molecule has 0 saturated heterocycles. The normalized spacial score (nSPS) is 24.8. The first-order valence-corrected chi connectivity index (χ1v) is 14.9. The van der Waals surface area contributed by atoms with Gasteiger partial charge in [-0.05, 0) is 57.8 Å². The van der Waals surface area contributed by atoms with Crippen molar-refractivity contribution in [2.75, 3.05) is 13.7 Å². The molecule has 0 aromatic carbocycles. The second-order valence-corrected chi connectivity index (χ2v) is 10.9. The third-order valence-electron chi connectivity index (χ3n) is 7.15. The van der Waals surface area contributed by atoms with E-state index in [-0.39, 0.29) is 36.7 Å². The van der Waals surface area contributed by atoms with Crippen molar-refractivity contribution in [3.63, 3.8) is 0 Å². The summed E-state index contributed by atoms with van der Waals surface area (Å²) in [5, 5.41) is 8.51. The van der Waals surface area contributed by atoms with Gasteiger partial charge < -0.3 is 20.7 Å². The van der Waals surface area contributed by atoms with E-state index in [2.05, 4.69) is 29.0 Å². The highest BCUT2D eigenvalue weighted by Gasteiger charge is 2.32. The van der Waals surface area contributed by atoms with Crippen LogP contribution in [0.3, 0.4) is 0 Å². The molecule has 0 aliphatic carbocycles. The Kier molecular flexibility index (Phi) is 17.4. The summed E-state index contributed by atoms with van der Waals surface area (Å²) >= 11 is 0. The molecule has 3 amide bonds. The van der Waals surface area contributed by atoms with E-state index in [9.17, 15) is 19.2 Å². The zero-order chi connectivity index (χ0) is 28.3. The minimum atomic E-state index is -0.980. The highest BCUT2D eigenvalue weighted by molar-refractivity contribution is 5.91. The zero-order valence-corrected chi connectivity index (χ0v) is 24.5. The molecule has 0 saturated carbocycles. The quantitative estimate of drug-likeness (QED) is 0.200. The van der Waals surface area contributed by atoms with E-state index in [1.165, 1.54) is 19.3 Å². The fourth-order valence-electron chi connectivity index (χ4n) is 4.95. The monoisotopic (exact) mass is 535 g/mol. The van der Waals surface area contributed by atoms with Crippen molar-refractivity contribution < 1.29 is 23.9 Å². The van der Waals surface area contributed by atoms with Crippen LogP contribution in [-0.4, -0.2) is 49.4 Å². The molecule has 1 aliphatic heterocycles. The second-order valence-electron chi connectivity index (χ2n) is 10.9. The van der Waals surface area contributed by atoms with Gasteiger partial charge in [-0.15, -0.1) is 0 Å². The number of rotatable bonds is 11. The number of hydrogen-bond acceptors (Lipinski definition) is 5. The van der Waals surface area contributed by atoms with Crippen molar-refractivity contribution in [1.82, 2.24) is 16.0 Å². The van der Waals surface area contributed by atoms with Crippen LogP contribution in [0.25, 0.3) is 0 Å². The molecule has 0 bridgehead atoms. The molecule has 0 radical (unpaired) electrons. The lowest BCUT2D eigenvalue weighted by Gasteiger charge is -2.27. The number of carbonyl (C=O) groups is 4. The first kappa shape index (κ1) is 33.6. The van der Waals surface area contributed by atoms with E-state index in [1.54, 1.807) is 14.0 Å². The molecule has 38 heavy (non-hydrogen) atoms. The number of allylic oxidation sites excluding steroid dienone is 2. The third kappa shape index (κ3) is 13.4. The molecule has 218 valence electrons. The minimum Gasteiger partial charge on any atom is -0.464 e. The SMILES string of the molecule is CCCCCCCC1CCCC/C=C/CC(C(=O)NC)C[C@@H](C(=O)OCC)NC(=O)[C@H](CC(C)C)NC1=O. The fraction of sp³-hybridized carbons (Fsp3) is 0.800. The van der Waals surface area contributed by atoms with Gasteiger partial charge >= 0.3 is 5.97 Å². The van der Waals surface area contributed by atoms with Crippen molar-refractivity contribution in [2.45, 2.75) is 123 Å². The Morgan fingerprint density at radius 3 is 2.42 bits per heavy atom. The van der Waals surface area contributed by atoms with Gasteiger partial charge in [0.15, 0.2) is 0 Å². The van der Waals surface area contributed by atoms with Crippen molar-refractivity contribution >= 4 is 23.7 Å². The van der Waals surface area contributed by atoms with Crippen LogP contribution >= 0.6 is 0 Å². The van der Waals surface area contributed by atoms with Gasteiger partial charge in [0.05, 0.1) is 6.61 Å². The van der Waals surface area contributed by atoms with Gasteiger partial charge in [0.1, 0.15) is 12.1 Å². The first-order chi connectivity index (χ1) is 18.2. The topological polar surface area (TPSA) is 114 Å². The van der Waals surface area contributed by atoms with E-state index in [0.29, 0.717) is 12.8 Å². The van der Waals surface area contributed by atoms with Crippen molar-refractivity contribution in [2.24, 2.45) is 17.8 Å². The molecule has 4 atom stereocenters. The average Bonchev–Trinajstić information content (AvgIpc) is 2.88. The van der Waals surface area contributed by atoms with Crippen LogP contribution in [0, 0.1) is 17.8 Å². The molecule has 1 rings (SSSR count). The van der Waals surface area contributed by atoms with Crippen LogP contribution in [-0.2, 0) is 23.9 Å². The molecule has 0 spiro atoms. The van der Waals surface area contributed by atoms with E-state index in [1.807, 2.05) is 19.9 Å². The van der Waals surface area contributed by atoms with E-state index >= 15 is 0 Å². The van der Waals surface area contributed by atoms with Gasteiger partial charge in [0, 0.05) is 18.9 Å². The standard InChI is InChI=1S/C30H53N3O5/c1-6-8-9-11-14-17-23-18-15-12-10-13-16-19-24(27(34)31-5)21-26(30(37)38-7-2)33-29(36)25(20-22(3)4)32-28(23)35/h13,16,22-26H,6-12,14-15,17-21H2,1-5H3,(H,31,34)(H,32,35)(H,33,36)/b16-13+/t23?,24?,25-,26-/m0/s1. The lowest BCUT2D eigenvalue weighted by molar-refractivity contribution is -0.148. The molecule has 1 heterocycles. The van der Waals surface area contributed by atoms with Crippen LogP contribution < -0.4 is 16.0 Å². The molecule has 0 fully saturated rings. The molecule has 2 unspecified atom stereocenters. The summed E-state index contributed by atoms with van der Waals surface area (Å²) in [4.78, 5) is 52.2. The number of ether oxygens (including phenoxy) is 1. The van der Waals surface area contributed by atoms with Gasteiger partial charge in [-0.3, -0.25) is 14.4 Å². The maximum absolute atomic E-state index is 13.4. The van der Waals surface area contributed by atoms with Crippen LogP contribution in [0.2, 0.25) is 0 Å². The van der Waals surface area contributed by atoms with Gasteiger partial charge in [-0.25, -0.2) is 4.79 Å². The predicted molar refractivity (Wildman–Crippen MR) is 151 cm³/mol. The number of esters is 1. The maximum atomic E-state index is 13.4. The van der Waals surface area contributed by atoms with Crippen LogP contribution in [0.1, 0.15) is 111 Å². The summed E-state index contributed by atoms with van der Waals surface area (Å²) < 4.78 is 5.23. The highest BCUT2D eigenvalue weighted by atomic mass is 16.5. The molecule has 3 N–H and O–H groups in total. The Hall–Kier alpha value is -2.38. The first-order valence-electron chi connectivity index (χ1n) is 14.9. The van der Waals surface area contributed by atoms with Crippen LogP contribution in [0.5, 0.6) is 0 Å². The molecule has 8 nitrogen and oxygen atoms in total. The highest BCUT2D eigenvalue weighted by Crippen LogP contribution is 2.21. The molecular formula is C30H53N3O5. The summed E-state index contributed by atoms with van der Waals surface area (Å²) in [7, 11) is 1.57. The molecular weight excluding hydrogens is 482 g/mol. The lowest BCUT2D eigenvalue weighted by Crippen LogP contribution is -2.54. The van der Waals surface area contributed by atoms with Gasteiger partial charge in [0.2, 0.25) is 17.7 Å². The fourth-order valence-corrected chi connectivity index (χ4v) is 4.95. The number of carbonyl (C=O) groups excluding carboxylic acids is 4. The minimum absolute atomic E-state index is 0.0835. The summed E-state index contributed by atoms with van der Waals surface area (Å²) in [5.41, 5.74) is 0. The Morgan fingerprint density at radius 1 is 1.03 bits per heavy atom. The number of amides is 3. The summed E-state index contributed by atoms with van der Waals surface area (Å²) in [6.07, 6.45) is 15.2. The zero-order valence-electron chi connectivity index (χ0n) is 24.5. The largest absolute Gasteiger partial charge is 0.464 e. The summed E-state index contributed by atoms with van der Waals surface area (Å²) in [6, 6.07) is -1.74. The van der Waals surface area contributed by atoms with Crippen molar-refractivity contribution in [1.29, 1.82) is 0 Å². The second kappa shape index (κ2) is 19.7. The Balaban J connectivity index is 3.19. The van der Waals surface area contributed by atoms with Crippen molar-refractivity contribution in [3.05, 3.63) is 12.2 Å². The number of unbranched alkanes of at least 4 members (excludes halogenated alkanes) is 4. The number of nitrogens with one attached hydrogen (secondary N) is 3.